The minimum Gasteiger partial charge on any atom is -0.338 e. The SMILES string of the molecule is Cc1noc(NC(=O)N2CCC3(CC2)CC(c2ccc(F)c(Cl)c2)C3C)c1C. The van der Waals surface area contributed by atoms with E-state index in [0.29, 0.717) is 17.7 Å². The molecule has 2 amide bonds. The number of piperidine rings is 1. The number of amides is 2. The summed E-state index contributed by atoms with van der Waals surface area (Å²) in [5.41, 5.74) is 3.00. The Kier molecular flexibility index (Phi) is 4.86. The largest absolute Gasteiger partial charge is 0.338 e. The number of carbonyl (C=O) groups is 1. The van der Waals surface area contributed by atoms with Gasteiger partial charge in [-0.2, -0.15) is 0 Å². The Bertz CT molecular complexity index is 905. The molecule has 1 saturated carbocycles. The second-order valence-corrected chi connectivity index (χ2v) is 8.68. The predicted molar refractivity (Wildman–Crippen MR) is 106 cm³/mol. The molecular weight excluding hydrogens is 381 g/mol. The molecule has 0 bridgehead atoms. The van der Waals surface area contributed by atoms with Crippen LogP contribution in [0.3, 0.4) is 0 Å². The number of benzene rings is 1. The number of nitrogens with zero attached hydrogens (tertiary/aromatic N) is 2. The lowest BCUT2D eigenvalue weighted by atomic mass is 9.49. The molecular formula is C21H25ClFN3O2. The maximum absolute atomic E-state index is 13.4. The van der Waals surface area contributed by atoms with Gasteiger partial charge in [-0.15, -0.1) is 0 Å². The van der Waals surface area contributed by atoms with Crippen molar-refractivity contribution >= 4 is 23.5 Å². The third-order valence-electron chi connectivity index (χ3n) is 6.99. The van der Waals surface area contributed by atoms with Gasteiger partial charge in [0.05, 0.1) is 10.7 Å². The Morgan fingerprint density at radius 2 is 2.07 bits per heavy atom. The van der Waals surface area contributed by atoms with Crippen LogP contribution in [0.1, 0.15) is 48.9 Å². The monoisotopic (exact) mass is 405 g/mol. The van der Waals surface area contributed by atoms with E-state index in [9.17, 15) is 9.18 Å². The van der Waals surface area contributed by atoms with Crippen LogP contribution in [0.15, 0.2) is 22.7 Å². The molecule has 28 heavy (non-hydrogen) atoms. The van der Waals surface area contributed by atoms with Gasteiger partial charge in [-0.05, 0) is 68.1 Å². The zero-order valence-corrected chi connectivity index (χ0v) is 17.1. The van der Waals surface area contributed by atoms with Crippen LogP contribution in [-0.2, 0) is 0 Å². The van der Waals surface area contributed by atoms with Crippen molar-refractivity contribution in [1.29, 1.82) is 0 Å². The number of likely N-dealkylation sites (tertiary alicyclic amines) is 1. The molecule has 1 aliphatic heterocycles. The van der Waals surface area contributed by atoms with Gasteiger partial charge >= 0.3 is 6.03 Å². The van der Waals surface area contributed by atoms with Gasteiger partial charge in [-0.25, -0.2) is 9.18 Å². The Balaban J connectivity index is 1.36. The average Bonchev–Trinajstić information content (AvgIpc) is 3.00. The van der Waals surface area contributed by atoms with E-state index in [1.807, 2.05) is 24.8 Å². The van der Waals surface area contributed by atoms with E-state index in [-0.39, 0.29) is 22.3 Å². The lowest BCUT2D eigenvalue weighted by Crippen LogP contribution is -2.53. The first kappa shape index (κ1) is 19.2. The molecule has 2 aliphatic rings. The number of rotatable bonds is 2. The Hall–Kier alpha value is -2.08. The molecule has 1 aromatic carbocycles. The van der Waals surface area contributed by atoms with Crippen LogP contribution >= 0.6 is 11.6 Å². The molecule has 0 radical (unpaired) electrons. The van der Waals surface area contributed by atoms with E-state index >= 15 is 0 Å². The summed E-state index contributed by atoms with van der Waals surface area (Å²) in [7, 11) is 0. The van der Waals surface area contributed by atoms with Gasteiger partial charge in [0.2, 0.25) is 5.88 Å². The minimum absolute atomic E-state index is 0.136. The van der Waals surface area contributed by atoms with E-state index in [1.165, 1.54) is 6.07 Å². The van der Waals surface area contributed by atoms with Crippen molar-refractivity contribution in [3.63, 3.8) is 0 Å². The summed E-state index contributed by atoms with van der Waals surface area (Å²) in [4.78, 5) is 14.4. The second-order valence-electron chi connectivity index (χ2n) is 8.27. The average molecular weight is 406 g/mol. The first-order valence-electron chi connectivity index (χ1n) is 9.74. The molecule has 1 saturated heterocycles. The highest BCUT2D eigenvalue weighted by molar-refractivity contribution is 6.30. The van der Waals surface area contributed by atoms with Crippen molar-refractivity contribution in [3.05, 3.63) is 45.9 Å². The number of aromatic nitrogens is 1. The highest BCUT2D eigenvalue weighted by Crippen LogP contribution is 2.61. The zero-order valence-electron chi connectivity index (χ0n) is 16.4. The van der Waals surface area contributed by atoms with E-state index in [2.05, 4.69) is 17.4 Å². The molecule has 4 rings (SSSR count). The summed E-state index contributed by atoms with van der Waals surface area (Å²) < 4.78 is 18.6. The van der Waals surface area contributed by atoms with Crippen molar-refractivity contribution in [2.75, 3.05) is 18.4 Å². The fraction of sp³-hybridized carbons (Fsp3) is 0.524. The van der Waals surface area contributed by atoms with Crippen molar-refractivity contribution in [2.24, 2.45) is 11.3 Å². The number of hydrogen-bond acceptors (Lipinski definition) is 3. The van der Waals surface area contributed by atoms with Crippen molar-refractivity contribution < 1.29 is 13.7 Å². The van der Waals surface area contributed by atoms with E-state index in [0.717, 1.165) is 49.2 Å². The molecule has 1 aromatic heterocycles. The van der Waals surface area contributed by atoms with Gasteiger partial charge in [0.1, 0.15) is 5.82 Å². The quantitative estimate of drug-likeness (QED) is 0.715. The highest BCUT2D eigenvalue weighted by Gasteiger charge is 2.52. The summed E-state index contributed by atoms with van der Waals surface area (Å²) in [6.07, 6.45) is 3.01. The summed E-state index contributed by atoms with van der Waals surface area (Å²) in [6, 6.07) is 4.92. The summed E-state index contributed by atoms with van der Waals surface area (Å²) in [5.74, 6) is 0.938. The Labute approximate surface area is 169 Å². The van der Waals surface area contributed by atoms with Crippen LogP contribution < -0.4 is 5.32 Å². The molecule has 2 fully saturated rings. The molecule has 2 unspecified atom stereocenters. The Morgan fingerprint density at radius 1 is 1.36 bits per heavy atom. The van der Waals surface area contributed by atoms with Gasteiger partial charge in [0.25, 0.3) is 0 Å². The molecule has 2 atom stereocenters. The van der Waals surface area contributed by atoms with E-state index in [1.54, 1.807) is 6.07 Å². The molecule has 2 heterocycles. The van der Waals surface area contributed by atoms with Crippen molar-refractivity contribution in [1.82, 2.24) is 10.1 Å². The smallest absolute Gasteiger partial charge is 0.324 e. The van der Waals surface area contributed by atoms with Gasteiger partial charge in [-0.1, -0.05) is 29.7 Å². The fourth-order valence-electron chi connectivity index (χ4n) is 4.74. The lowest BCUT2D eigenvalue weighted by molar-refractivity contribution is -0.0363. The van der Waals surface area contributed by atoms with Crippen LogP contribution in [0.2, 0.25) is 5.02 Å². The third-order valence-corrected chi connectivity index (χ3v) is 7.28. The number of carbonyl (C=O) groups excluding carboxylic acids is 1. The summed E-state index contributed by atoms with van der Waals surface area (Å²) in [5, 5.41) is 6.90. The van der Waals surface area contributed by atoms with Crippen LogP contribution in [0.5, 0.6) is 0 Å². The van der Waals surface area contributed by atoms with Crippen LogP contribution in [0, 0.1) is 31.0 Å². The predicted octanol–water partition coefficient (Wildman–Crippen LogP) is 5.52. The maximum Gasteiger partial charge on any atom is 0.324 e. The molecule has 1 spiro atoms. The van der Waals surface area contributed by atoms with Crippen LogP contribution in [0.25, 0.3) is 0 Å². The maximum atomic E-state index is 13.4. The number of hydrogen-bond donors (Lipinski definition) is 1. The van der Waals surface area contributed by atoms with Crippen LogP contribution in [0.4, 0.5) is 15.1 Å². The molecule has 1 N–H and O–H groups in total. The zero-order chi connectivity index (χ0) is 20.1. The van der Waals surface area contributed by atoms with E-state index < -0.39 is 0 Å². The standard InChI is InChI=1S/C21H25ClFN3O2/c1-12-14(3)25-28-19(12)24-20(27)26-8-6-21(7-9-26)11-16(13(21)2)15-4-5-18(23)17(22)10-15/h4-5,10,13,16H,6-9,11H2,1-3H3,(H,24,27). The summed E-state index contributed by atoms with van der Waals surface area (Å²) >= 11 is 5.96. The molecule has 7 heteroatoms. The third kappa shape index (κ3) is 3.17. The second kappa shape index (κ2) is 7.07. The number of halogens is 2. The first-order valence-corrected chi connectivity index (χ1v) is 10.1. The number of anilines is 1. The van der Waals surface area contributed by atoms with Crippen molar-refractivity contribution in [2.45, 2.75) is 46.0 Å². The highest BCUT2D eigenvalue weighted by atomic mass is 35.5. The van der Waals surface area contributed by atoms with Gasteiger partial charge in [0.15, 0.2) is 0 Å². The summed E-state index contributed by atoms with van der Waals surface area (Å²) in [6.45, 7) is 7.44. The van der Waals surface area contributed by atoms with Crippen molar-refractivity contribution in [3.8, 4) is 0 Å². The lowest BCUT2D eigenvalue weighted by Gasteiger charge is -2.58. The van der Waals surface area contributed by atoms with Gasteiger partial charge in [0, 0.05) is 18.7 Å². The van der Waals surface area contributed by atoms with Gasteiger partial charge < -0.3 is 9.42 Å². The van der Waals surface area contributed by atoms with Gasteiger partial charge in [-0.3, -0.25) is 5.32 Å². The van der Waals surface area contributed by atoms with E-state index in [4.69, 9.17) is 16.1 Å². The first-order chi connectivity index (χ1) is 13.3. The topological polar surface area (TPSA) is 58.4 Å². The normalized spacial score (nSPS) is 23.5. The molecule has 5 nitrogen and oxygen atoms in total. The number of urea groups is 1. The number of aryl methyl sites for hydroxylation is 1. The molecule has 150 valence electrons. The Morgan fingerprint density at radius 3 is 2.64 bits per heavy atom. The molecule has 2 aromatic rings. The van der Waals surface area contributed by atoms with Crippen LogP contribution in [-0.4, -0.2) is 29.2 Å². The molecule has 1 aliphatic carbocycles. The minimum atomic E-state index is -0.372. The number of nitrogens with one attached hydrogen (secondary N) is 1. The fourth-order valence-corrected chi connectivity index (χ4v) is 4.93.